The summed E-state index contributed by atoms with van der Waals surface area (Å²) in [6.07, 6.45) is 11.9. The summed E-state index contributed by atoms with van der Waals surface area (Å²) in [6.45, 7) is 7.46. The maximum Gasteiger partial charge on any atom is 0.166 e. The van der Waals surface area contributed by atoms with E-state index >= 15 is 0 Å². The van der Waals surface area contributed by atoms with Crippen LogP contribution in [0.3, 0.4) is 0 Å². The van der Waals surface area contributed by atoms with Gasteiger partial charge in [0, 0.05) is 5.39 Å². The smallest absolute Gasteiger partial charge is 0.166 e. The molecule has 3 rings (SSSR count). The zero-order chi connectivity index (χ0) is 18.5. The van der Waals surface area contributed by atoms with E-state index in [1.54, 1.807) is 12.1 Å². The van der Waals surface area contributed by atoms with Gasteiger partial charge in [0.1, 0.15) is 0 Å². The van der Waals surface area contributed by atoms with Crippen LogP contribution in [0.1, 0.15) is 62.0 Å². The Morgan fingerprint density at radius 1 is 0.923 bits per heavy atom. The lowest BCUT2D eigenvalue weighted by molar-refractivity contribution is 0.312. The Kier molecular flexibility index (Phi) is 6.24. The molecule has 0 aliphatic heterocycles. The van der Waals surface area contributed by atoms with Gasteiger partial charge in [0.15, 0.2) is 11.6 Å². The van der Waals surface area contributed by atoms with Crippen molar-refractivity contribution >= 4 is 10.8 Å². The Hall–Kier alpha value is -1.96. The van der Waals surface area contributed by atoms with Crippen molar-refractivity contribution in [2.24, 2.45) is 5.92 Å². The minimum Gasteiger partial charge on any atom is -0.203 e. The van der Waals surface area contributed by atoms with Crippen molar-refractivity contribution in [1.82, 2.24) is 0 Å². The third-order valence-corrected chi connectivity index (χ3v) is 5.83. The minimum atomic E-state index is -0.705. The molecule has 0 nitrogen and oxygen atoms in total. The quantitative estimate of drug-likeness (QED) is 0.452. The molecule has 0 unspecified atom stereocenters. The number of fused-ring (bicyclic) bond motifs is 1. The van der Waals surface area contributed by atoms with Gasteiger partial charge in [-0.05, 0) is 91.8 Å². The molecule has 0 heterocycles. The lowest BCUT2D eigenvalue weighted by Gasteiger charge is -2.29. The maximum atomic E-state index is 14.6. The summed E-state index contributed by atoms with van der Waals surface area (Å²) < 4.78 is 29.0. The summed E-state index contributed by atoms with van der Waals surface area (Å²) in [5.41, 5.74) is 1.59. The molecule has 0 saturated heterocycles. The van der Waals surface area contributed by atoms with Crippen LogP contribution < -0.4 is 0 Å². The zero-order valence-electron chi connectivity index (χ0n) is 15.4. The van der Waals surface area contributed by atoms with Gasteiger partial charge in [-0.2, -0.15) is 0 Å². The van der Waals surface area contributed by atoms with Gasteiger partial charge in [0.2, 0.25) is 0 Å². The van der Waals surface area contributed by atoms with Crippen LogP contribution in [0.25, 0.3) is 10.8 Å². The fourth-order valence-electron chi connectivity index (χ4n) is 4.23. The Labute approximate surface area is 155 Å². The van der Waals surface area contributed by atoms with Crippen molar-refractivity contribution in [1.29, 1.82) is 0 Å². The molecule has 0 aromatic heterocycles. The predicted octanol–water partition coefficient (Wildman–Crippen LogP) is 7.48. The molecular weight excluding hydrogens is 326 g/mol. The lowest BCUT2D eigenvalue weighted by atomic mass is 9.77. The first kappa shape index (κ1) is 18.8. The number of rotatable bonds is 7. The molecule has 0 N–H and O–H groups in total. The van der Waals surface area contributed by atoms with Gasteiger partial charge in [-0.15, -0.1) is 13.2 Å². The molecular formula is C24H28F2. The van der Waals surface area contributed by atoms with E-state index in [0.717, 1.165) is 36.1 Å². The molecule has 2 aromatic carbocycles. The normalized spacial score (nSPS) is 20.2. The van der Waals surface area contributed by atoms with Crippen LogP contribution in [0, 0.1) is 17.6 Å². The van der Waals surface area contributed by atoms with Crippen LogP contribution in [-0.4, -0.2) is 0 Å². The molecule has 0 bridgehead atoms. The van der Waals surface area contributed by atoms with Crippen molar-refractivity contribution in [3.8, 4) is 0 Å². The highest BCUT2D eigenvalue weighted by molar-refractivity contribution is 5.85. The van der Waals surface area contributed by atoms with Crippen LogP contribution in [0.15, 0.2) is 49.6 Å². The van der Waals surface area contributed by atoms with E-state index in [2.05, 4.69) is 19.2 Å². The number of halogens is 2. The molecule has 26 heavy (non-hydrogen) atoms. The zero-order valence-corrected chi connectivity index (χ0v) is 15.4. The van der Waals surface area contributed by atoms with Gasteiger partial charge < -0.3 is 0 Å². The number of benzene rings is 2. The van der Waals surface area contributed by atoms with E-state index in [1.807, 2.05) is 18.2 Å². The molecule has 0 amide bonds. The van der Waals surface area contributed by atoms with Crippen LogP contribution in [0.4, 0.5) is 8.78 Å². The van der Waals surface area contributed by atoms with Crippen LogP contribution in [0.5, 0.6) is 0 Å². The van der Waals surface area contributed by atoms with E-state index in [0.29, 0.717) is 29.7 Å². The SMILES string of the molecule is C=CCCc1cc2ccc(C3CCC(CCC=C)CC3)cc2c(F)c1F. The van der Waals surface area contributed by atoms with E-state index in [4.69, 9.17) is 0 Å². The van der Waals surface area contributed by atoms with Gasteiger partial charge in [-0.1, -0.05) is 24.3 Å². The average molecular weight is 354 g/mol. The summed E-state index contributed by atoms with van der Waals surface area (Å²) in [5.74, 6) is -0.165. The molecule has 0 spiro atoms. The van der Waals surface area contributed by atoms with Crippen LogP contribution in [0.2, 0.25) is 0 Å². The monoisotopic (exact) mass is 354 g/mol. The molecule has 138 valence electrons. The summed E-state index contributed by atoms with van der Waals surface area (Å²) in [7, 11) is 0. The standard InChI is InChI=1S/C24H28F2/c1-3-5-7-17-9-11-18(12-10-17)19-13-14-20-15-21(8-6-4-2)23(25)24(26)22(20)16-19/h3-4,13-18H,1-2,5-12H2. The topological polar surface area (TPSA) is 0 Å². The second kappa shape index (κ2) is 8.62. The van der Waals surface area contributed by atoms with Crippen LogP contribution >= 0.6 is 0 Å². The van der Waals surface area contributed by atoms with Crippen molar-refractivity contribution in [3.63, 3.8) is 0 Å². The maximum absolute atomic E-state index is 14.6. The summed E-state index contributed by atoms with van der Waals surface area (Å²) >= 11 is 0. The van der Waals surface area contributed by atoms with Gasteiger partial charge in [-0.25, -0.2) is 8.78 Å². The third kappa shape index (κ3) is 4.06. The highest BCUT2D eigenvalue weighted by Gasteiger charge is 2.23. The van der Waals surface area contributed by atoms with Crippen LogP contribution in [-0.2, 0) is 6.42 Å². The van der Waals surface area contributed by atoms with Gasteiger partial charge in [-0.3, -0.25) is 0 Å². The summed E-state index contributed by atoms with van der Waals surface area (Å²) in [6, 6.07) is 7.72. The van der Waals surface area contributed by atoms with Gasteiger partial charge in [0.25, 0.3) is 0 Å². The largest absolute Gasteiger partial charge is 0.203 e. The molecule has 1 saturated carbocycles. The Bertz CT molecular complexity index is 782. The van der Waals surface area contributed by atoms with Crippen molar-refractivity contribution in [3.05, 3.63) is 72.3 Å². The van der Waals surface area contributed by atoms with Gasteiger partial charge >= 0.3 is 0 Å². The molecule has 0 radical (unpaired) electrons. The van der Waals surface area contributed by atoms with Crippen molar-refractivity contribution in [2.45, 2.75) is 57.3 Å². The minimum absolute atomic E-state index is 0.413. The fraction of sp³-hybridized carbons (Fsp3) is 0.417. The summed E-state index contributed by atoms with van der Waals surface area (Å²) in [4.78, 5) is 0. The number of hydrogen-bond acceptors (Lipinski definition) is 0. The molecule has 1 aliphatic rings. The van der Waals surface area contributed by atoms with E-state index in [-0.39, 0.29) is 0 Å². The summed E-state index contributed by atoms with van der Waals surface area (Å²) in [5, 5.41) is 1.20. The van der Waals surface area contributed by atoms with E-state index < -0.39 is 11.6 Å². The van der Waals surface area contributed by atoms with E-state index in [9.17, 15) is 8.78 Å². The lowest BCUT2D eigenvalue weighted by Crippen LogP contribution is -2.13. The Morgan fingerprint density at radius 3 is 2.35 bits per heavy atom. The average Bonchev–Trinajstić information content (AvgIpc) is 2.68. The highest BCUT2D eigenvalue weighted by atomic mass is 19.2. The second-order valence-corrected chi connectivity index (χ2v) is 7.56. The Morgan fingerprint density at radius 2 is 1.65 bits per heavy atom. The first-order valence-electron chi connectivity index (χ1n) is 9.76. The highest BCUT2D eigenvalue weighted by Crippen LogP contribution is 2.39. The van der Waals surface area contributed by atoms with Crippen molar-refractivity contribution in [2.75, 3.05) is 0 Å². The number of hydrogen-bond donors (Lipinski definition) is 0. The second-order valence-electron chi connectivity index (χ2n) is 7.56. The first-order chi connectivity index (χ1) is 12.6. The first-order valence-corrected chi connectivity index (χ1v) is 9.76. The molecule has 0 atom stereocenters. The fourth-order valence-corrected chi connectivity index (χ4v) is 4.23. The molecule has 1 fully saturated rings. The molecule has 1 aliphatic carbocycles. The predicted molar refractivity (Wildman–Crippen MR) is 107 cm³/mol. The Balaban J connectivity index is 1.80. The molecule has 2 heteroatoms. The number of aryl methyl sites for hydroxylation is 1. The van der Waals surface area contributed by atoms with Crippen molar-refractivity contribution < 1.29 is 8.78 Å². The van der Waals surface area contributed by atoms with E-state index in [1.165, 1.54) is 19.3 Å². The number of allylic oxidation sites excluding steroid dienone is 2. The molecule has 2 aromatic rings. The third-order valence-electron chi connectivity index (χ3n) is 5.83. The van der Waals surface area contributed by atoms with Gasteiger partial charge in [0.05, 0.1) is 0 Å².